The summed E-state index contributed by atoms with van der Waals surface area (Å²) in [7, 11) is 0. The fraction of sp³-hybridized carbons (Fsp3) is 0.235. The van der Waals surface area contributed by atoms with Gasteiger partial charge in [-0.15, -0.1) is 15.3 Å². The molecule has 0 N–H and O–H groups in total. The first-order chi connectivity index (χ1) is 12.7. The van der Waals surface area contributed by atoms with Crippen molar-refractivity contribution in [1.82, 2.24) is 39.0 Å². The zero-order valence-corrected chi connectivity index (χ0v) is 13.8. The minimum absolute atomic E-state index is 0.0496. The van der Waals surface area contributed by atoms with Crippen LogP contribution in [0.3, 0.4) is 0 Å². The van der Waals surface area contributed by atoms with Crippen LogP contribution in [0.2, 0.25) is 0 Å². The molecular weight excluding hydrogens is 335 g/mol. The summed E-state index contributed by atoms with van der Waals surface area (Å²) >= 11 is 0. The monoisotopic (exact) mass is 348 g/mol. The Morgan fingerprint density at radius 3 is 2.77 bits per heavy atom. The number of fused-ring (bicyclic) bond motifs is 6. The molecule has 0 atom stereocenters. The SMILES string of the molecule is CC1(c2cnnn2-c2nnc3c4ccccc4n4c(F)ncc4n23)CC1. The van der Waals surface area contributed by atoms with Gasteiger partial charge < -0.3 is 0 Å². The largest absolute Gasteiger partial charge is 0.295 e. The molecule has 0 unspecified atom stereocenters. The van der Waals surface area contributed by atoms with Crippen molar-refractivity contribution < 1.29 is 4.39 Å². The maximum atomic E-state index is 14.4. The van der Waals surface area contributed by atoms with Crippen molar-refractivity contribution in [2.45, 2.75) is 25.2 Å². The van der Waals surface area contributed by atoms with Gasteiger partial charge in [-0.05, 0) is 25.0 Å². The lowest BCUT2D eigenvalue weighted by Crippen LogP contribution is -2.13. The Morgan fingerprint density at radius 1 is 1.08 bits per heavy atom. The topological polar surface area (TPSA) is 78.2 Å². The van der Waals surface area contributed by atoms with Crippen LogP contribution >= 0.6 is 0 Å². The number of nitrogens with zero attached hydrogens (tertiary/aromatic N) is 8. The molecule has 8 nitrogen and oxygen atoms in total. The van der Waals surface area contributed by atoms with E-state index >= 15 is 0 Å². The van der Waals surface area contributed by atoms with Gasteiger partial charge >= 0.3 is 0 Å². The Labute approximate surface area is 145 Å². The molecule has 5 aromatic rings. The first-order valence-electron chi connectivity index (χ1n) is 8.38. The average Bonchev–Trinajstić information content (AvgIpc) is 3.06. The predicted molar refractivity (Wildman–Crippen MR) is 90.7 cm³/mol. The van der Waals surface area contributed by atoms with E-state index in [1.807, 2.05) is 24.3 Å². The van der Waals surface area contributed by atoms with Gasteiger partial charge in [0.1, 0.15) is 5.65 Å². The van der Waals surface area contributed by atoms with Crippen molar-refractivity contribution in [1.29, 1.82) is 0 Å². The van der Waals surface area contributed by atoms with Gasteiger partial charge in [0.05, 0.1) is 23.6 Å². The molecule has 128 valence electrons. The Kier molecular flexibility index (Phi) is 2.36. The highest BCUT2D eigenvalue weighted by molar-refractivity contribution is 5.94. The molecule has 1 aliphatic rings. The molecule has 4 aromatic heterocycles. The van der Waals surface area contributed by atoms with E-state index in [-0.39, 0.29) is 5.41 Å². The second kappa shape index (κ2) is 4.43. The number of halogens is 1. The molecule has 1 aromatic carbocycles. The number of benzene rings is 1. The number of rotatable bonds is 2. The van der Waals surface area contributed by atoms with E-state index < -0.39 is 6.08 Å². The molecule has 1 aliphatic carbocycles. The molecular formula is C17H13FN8. The van der Waals surface area contributed by atoms with Crippen LogP contribution < -0.4 is 0 Å². The fourth-order valence-electron chi connectivity index (χ4n) is 3.60. The van der Waals surface area contributed by atoms with Crippen molar-refractivity contribution in [3.05, 3.63) is 48.4 Å². The van der Waals surface area contributed by atoms with Crippen LogP contribution in [0.4, 0.5) is 4.39 Å². The van der Waals surface area contributed by atoms with Crippen LogP contribution in [0.5, 0.6) is 0 Å². The lowest BCUT2D eigenvalue weighted by Gasteiger charge is -2.11. The zero-order valence-electron chi connectivity index (χ0n) is 13.8. The van der Waals surface area contributed by atoms with Crippen molar-refractivity contribution in [3.63, 3.8) is 0 Å². The van der Waals surface area contributed by atoms with E-state index in [9.17, 15) is 4.39 Å². The van der Waals surface area contributed by atoms with Gasteiger partial charge in [0, 0.05) is 10.8 Å². The van der Waals surface area contributed by atoms with E-state index in [0.29, 0.717) is 22.8 Å². The maximum absolute atomic E-state index is 14.4. The summed E-state index contributed by atoms with van der Waals surface area (Å²) in [5.41, 5.74) is 2.90. The molecule has 0 amide bonds. The minimum Gasteiger partial charge on any atom is -0.253 e. The summed E-state index contributed by atoms with van der Waals surface area (Å²) < 4.78 is 19.4. The summed E-state index contributed by atoms with van der Waals surface area (Å²) in [5, 5.41) is 17.8. The van der Waals surface area contributed by atoms with E-state index in [1.165, 1.54) is 10.6 Å². The van der Waals surface area contributed by atoms with Crippen molar-refractivity contribution >= 4 is 22.2 Å². The Bertz CT molecular complexity index is 1320. The maximum Gasteiger partial charge on any atom is 0.295 e. The summed E-state index contributed by atoms with van der Waals surface area (Å²) in [4.78, 5) is 3.86. The predicted octanol–water partition coefficient (Wildman–Crippen LogP) is 2.30. The molecule has 0 saturated heterocycles. The van der Waals surface area contributed by atoms with Gasteiger partial charge in [-0.3, -0.25) is 4.40 Å². The fourth-order valence-corrected chi connectivity index (χ4v) is 3.60. The van der Waals surface area contributed by atoms with Gasteiger partial charge in [0.15, 0.2) is 5.65 Å². The molecule has 0 spiro atoms. The van der Waals surface area contributed by atoms with Crippen molar-refractivity contribution in [3.8, 4) is 5.95 Å². The van der Waals surface area contributed by atoms with E-state index in [1.54, 1.807) is 15.3 Å². The van der Waals surface area contributed by atoms with Gasteiger partial charge in [-0.2, -0.15) is 9.07 Å². The second-order valence-corrected chi connectivity index (χ2v) is 6.99. The van der Waals surface area contributed by atoms with E-state index in [2.05, 4.69) is 32.4 Å². The first-order valence-corrected chi connectivity index (χ1v) is 8.38. The Morgan fingerprint density at radius 2 is 1.92 bits per heavy atom. The van der Waals surface area contributed by atoms with E-state index in [0.717, 1.165) is 23.9 Å². The van der Waals surface area contributed by atoms with Crippen LogP contribution in [-0.2, 0) is 5.41 Å². The lowest BCUT2D eigenvalue weighted by molar-refractivity contribution is 0.539. The molecule has 0 bridgehead atoms. The standard InChI is InChI=1S/C17H13FN8/c1-17(6-7-17)12-8-20-23-26(12)16-22-21-14-10-4-2-3-5-11(10)24-13(25(14)16)9-19-15(24)18/h2-5,8-9H,6-7H2,1H3. The normalized spacial score (nSPS) is 16.1. The third-order valence-corrected chi connectivity index (χ3v) is 5.32. The third-order valence-electron chi connectivity index (χ3n) is 5.32. The van der Waals surface area contributed by atoms with Crippen LogP contribution in [0.25, 0.3) is 28.1 Å². The molecule has 1 saturated carbocycles. The first kappa shape index (κ1) is 13.9. The van der Waals surface area contributed by atoms with Gasteiger partial charge in [0.2, 0.25) is 0 Å². The highest BCUT2D eigenvalue weighted by atomic mass is 19.1. The minimum atomic E-state index is -0.578. The Hall–Kier alpha value is -3.36. The summed E-state index contributed by atoms with van der Waals surface area (Å²) in [6.45, 7) is 2.18. The van der Waals surface area contributed by atoms with Crippen LogP contribution in [0.1, 0.15) is 25.5 Å². The number of hydrogen-bond acceptors (Lipinski definition) is 5. The number of hydrogen-bond donors (Lipinski definition) is 0. The second-order valence-electron chi connectivity index (χ2n) is 6.99. The van der Waals surface area contributed by atoms with Crippen molar-refractivity contribution in [2.24, 2.45) is 0 Å². The number of aromatic nitrogens is 8. The summed E-state index contributed by atoms with van der Waals surface area (Å²) in [5.74, 6) is 0.483. The van der Waals surface area contributed by atoms with Crippen LogP contribution in [0, 0.1) is 6.08 Å². The molecule has 0 aliphatic heterocycles. The smallest absolute Gasteiger partial charge is 0.253 e. The molecule has 0 radical (unpaired) electrons. The third kappa shape index (κ3) is 1.60. The van der Waals surface area contributed by atoms with Crippen molar-refractivity contribution in [2.75, 3.05) is 0 Å². The van der Waals surface area contributed by atoms with Gasteiger partial charge in [0.25, 0.3) is 12.0 Å². The lowest BCUT2D eigenvalue weighted by atomic mass is 10.1. The molecule has 26 heavy (non-hydrogen) atoms. The number of imidazole rings is 1. The quantitative estimate of drug-likeness (QED) is 0.489. The van der Waals surface area contributed by atoms with Gasteiger partial charge in [-0.25, -0.2) is 9.38 Å². The summed E-state index contributed by atoms with van der Waals surface area (Å²) in [6.07, 6.45) is 4.83. The highest BCUT2D eigenvalue weighted by Gasteiger charge is 2.43. The summed E-state index contributed by atoms with van der Waals surface area (Å²) in [6, 6.07) is 7.49. The van der Waals surface area contributed by atoms with E-state index in [4.69, 9.17) is 0 Å². The molecule has 9 heteroatoms. The zero-order chi connectivity index (χ0) is 17.5. The molecule has 4 heterocycles. The van der Waals surface area contributed by atoms with Gasteiger partial charge in [-0.1, -0.05) is 24.3 Å². The Balaban J connectivity index is 1.79. The average molecular weight is 348 g/mol. The van der Waals surface area contributed by atoms with Crippen LogP contribution in [0.15, 0.2) is 36.7 Å². The molecule has 1 fully saturated rings. The highest BCUT2D eigenvalue weighted by Crippen LogP contribution is 2.47. The molecule has 6 rings (SSSR count). The number of para-hydroxylation sites is 1. The van der Waals surface area contributed by atoms with Crippen LogP contribution in [-0.4, -0.2) is 39.0 Å².